The maximum absolute atomic E-state index is 12.7. The second-order valence-corrected chi connectivity index (χ2v) is 9.82. The molecule has 6 nitrogen and oxygen atoms in total. The molecular weight excluding hydrogens is 378 g/mol. The summed E-state index contributed by atoms with van der Waals surface area (Å²) in [5, 5.41) is 9.59. The molecule has 1 fully saturated rings. The van der Waals surface area contributed by atoms with Crippen molar-refractivity contribution in [3.63, 3.8) is 0 Å². The number of carbonyl (C=O) groups excluding carboxylic acids is 1. The molecule has 6 heteroatoms. The lowest BCUT2D eigenvalue weighted by Crippen LogP contribution is -2.45. The first kappa shape index (κ1) is 20.6. The third kappa shape index (κ3) is 3.87. The molecule has 2 aromatic rings. The summed E-state index contributed by atoms with van der Waals surface area (Å²) in [4.78, 5) is 35.2. The van der Waals surface area contributed by atoms with Crippen LogP contribution in [0.4, 0.5) is 0 Å². The summed E-state index contributed by atoms with van der Waals surface area (Å²) < 4.78 is 0. The topological polar surface area (TPSA) is 86.3 Å². The first-order valence-electron chi connectivity index (χ1n) is 10.9. The Hall–Kier alpha value is -2.63. The highest BCUT2D eigenvalue weighted by atomic mass is 16.3. The number of aromatic amines is 1. The van der Waals surface area contributed by atoms with Crippen LogP contribution in [0.2, 0.25) is 0 Å². The highest BCUT2D eigenvalue weighted by Crippen LogP contribution is 2.44. The summed E-state index contributed by atoms with van der Waals surface area (Å²) in [6.07, 6.45) is 4.50. The van der Waals surface area contributed by atoms with Crippen molar-refractivity contribution in [3.05, 3.63) is 57.3 Å². The Labute approximate surface area is 177 Å². The number of hydrogen-bond donors (Lipinski definition) is 2. The van der Waals surface area contributed by atoms with Gasteiger partial charge in [-0.2, -0.15) is 0 Å². The second kappa shape index (κ2) is 7.56. The van der Waals surface area contributed by atoms with Crippen LogP contribution in [-0.4, -0.2) is 39.0 Å². The lowest BCUT2D eigenvalue weighted by Gasteiger charge is -2.39. The van der Waals surface area contributed by atoms with E-state index in [1.807, 2.05) is 11.0 Å². The fraction of sp³-hybridized carbons (Fsp3) is 0.542. The smallest absolute Gasteiger partial charge is 0.254 e. The lowest BCUT2D eigenvalue weighted by atomic mass is 9.76. The van der Waals surface area contributed by atoms with Crippen molar-refractivity contribution in [1.82, 2.24) is 14.9 Å². The van der Waals surface area contributed by atoms with Crippen LogP contribution in [0.25, 0.3) is 0 Å². The molecule has 2 aliphatic rings. The number of phenolic OH excluding ortho intramolecular Hbond substituents is 1. The monoisotopic (exact) mass is 409 g/mol. The molecule has 160 valence electrons. The minimum Gasteiger partial charge on any atom is -0.508 e. The first-order chi connectivity index (χ1) is 14.2. The van der Waals surface area contributed by atoms with E-state index in [1.54, 1.807) is 18.2 Å². The zero-order valence-corrected chi connectivity index (χ0v) is 18.1. The molecule has 1 aromatic heterocycles. The molecule has 1 aliphatic heterocycles. The predicted molar refractivity (Wildman–Crippen MR) is 116 cm³/mol. The second-order valence-electron chi connectivity index (χ2n) is 9.82. The van der Waals surface area contributed by atoms with E-state index in [0.717, 1.165) is 48.3 Å². The number of benzene rings is 1. The van der Waals surface area contributed by atoms with Crippen LogP contribution in [0.3, 0.4) is 0 Å². The number of aromatic nitrogens is 2. The van der Waals surface area contributed by atoms with Gasteiger partial charge in [0.1, 0.15) is 11.6 Å². The van der Waals surface area contributed by atoms with Gasteiger partial charge in [0, 0.05) is 35.9 Å². The van der Waals surface area contributed by atoms with Gasteiger partial charge in [0.25, 0.3) is 5.56 Å². The normalized spacial score (nSPS) is 17.9. The molecule has 1 amide bonds. The molecule has 0 bridgehead atoms. The number of aryl methyl sites for hydroxylation is 1. The first-order valence-corrected chi connectivity index (χ1v) is 10.9. The van der Waals surface area contributed by atoms with Crippen molar-refractivity contribution in [2.45, 2.75) is 70.1 Å². The van der Waals surface area contributed by atoms with Gasteiger partial charge < -0.3 is 15.0 Å². The maximum atomic E-state index is 12.7. The number of nitrogens with zero attached hydrogens (tertiary/aromatic N) is 2. The van der Waals surface area contributed by atoms with E-state index in [0.29, 0.717) is 25.9 Å². The van der Waals surface area contributed by atoms with Gasteiger partial charge in [0.05, 0.1) is 5.69 Å². The van der Waals surface area contributed by atoms with Gasteiger partial charge >= 0.3 is 0 Å². The molecular formula is C24H31N3O3. The number of likely N-dealkylation sites (tertiary alicyclic amines) is 1. The van der Waals surface area contributed by atoms with Gasteiger partial charge in [-0.3, -0.25) is 9.59 Å². The van der Waals surface area contributed by atoms with Crippen LogP contribution in [0.1, 0.15) is 69.1 Å². The summed E-state index contributed by atoms with van der Waals surface area (Å²) in [7, 11) is 0. The van der Waals surface area contributed by atoms with Crippen molar-refractivity contribution in [2.24, 2.45) is 0 Å². The molecule has 1 aromatic carbocycles. The fourth-order valence-electron chi connectivity index (χ4n) is 4.80. The van der Waals surface area contributed by atoms with E-state index in [-0.39, 0.29) is 28.0 Å². The maximum Gasteiger partial charge on any atom is 0.254 e. The number of hydrogen-bond acceptors (Lipinski definition) is 4. The molecule has 0 radical (unpaired) electrons. The molecule has 2 N–H and O–H groups in total. The number of rotatable bonds is 3. The average molecular weight is 410 g/mol. The Morgan fingerprint density at radius 1 is 1.23 bits per heavy atom. The van der Waals surface area contributed by atoms with Gasteiger partial charge in [0.15, 0.2) is 0 Å². The van der Waals surface area contributed by atoms with E-state index in [4.69, 9.17) is 4.98 Å². The van der Waals surface area contributed by atoms with Crippen molar-refractivity contribution < 1.29 is 9.90 Å². The molecule has 1 spiro atoms. The number of phenols is 1. The number of nitrogens with one attached hydrogen (secondary N) is 1. The van der Waals surface area contributed by atoms with Crippen LogP contribution in [0.5, 0.6) is 5.75 Å². The average Bonchev–Trinajstić information content (AvgIpc) is 3.05. The number of piperidine rings is 1. The van der Waals surface area contributed by atoms with Crippen LogP contribution < -0.4 is 5.56 Å². The number of aromatic hydroxyl groups is 1. The molecule has 0 saturated carbocycles. The van der Waals surface area contributed by atoms with Crippen molar-refractivity contribution in [2.75, 3.05) is 13.1 Å². The highest BCUT2D eigenvalue weighted by molar-refractivity contribution is 5.76. The summed E-state index contributed by atoms with van der Waals surface area (Å²) in [6, 6.07) is 7.09. The fourth-order valence-corrected chi connectivity index (χ4v) is 4.80. The van der Waals surface area contributed by atoms with Crippen molar-refractivity contribution >= 4 is 5.91 Å². The van der Waals surface area contributed by atoms with Crippen LogP contribution in [-0.2, 0) is 28.5 Å². The Bertz CT molecular complexity index is 1010. The lowest BCUT2D eigenvalue weighted by molar-refractivity contribution is -0.132. The Kier molecular flexibility index (Phi) is 5.20. The van der Waals surface area contributed by atoms with Crippen LogP contribution >= 0.6 is 0 Å². The largest absolute Gasteiger partial charge is 0.508 e. The quantitative estimate of drug-likeness (QED) is 0.815. The standard InChI is InChI=1S/C24H31N3O3/c1-23(2,3)22-25-20-18(21(30)26-22)9-10-24(20)11-13-27(14-12-24)19(29)8-7-16-5-4-6-17(28)15-16/h4-6,15,28H,7-14H2,1-3H3,(H,25,26,30). The van der Waals surface area contributed by atoms with Gasteiger partial charge in [0.2, 0.25) is 5.91 Å². The van der Waals surface area contributed by atoms with Gasteiger partial charge in [-0.05, 0) is 49.8 Å². The molecule has 4 rings (SSSR count). The molecule has 0 unspecified atom stereocenters. The highest BCUT2D eigenvalue weighted by Gasteiger charge is 2.45. The van der Waals surface area contributed by atoms with E-state index < -0.39 is 0 Å². The van der Waals surface area contributed by atoms with Gasteiger partial charge in [-0.25, -0.2) is 4.98 Å². The number of amides is 1. The SMILES string of the molecule is CC(C)(C)c1nc2c(c(=O)[nH]1)CCC21CCN(C(=O)CCc2cccc(O)c2)CC1. The minimum absolute atomic E-state index is 0.00594. The Morgan fingerprint density at radius 3 is 2.63 bits per heavy atom. The summed E-state index contributed by atoms with van der Waals surface area (Å²) in [5.41, 5.74) is 2.51. The molecule has 0 atom stereocenters. The van der Waals surface area contributed by atoms with E-state index in [1.165, 1.54) is 0 Å². The minimum atomic E-state index is -0.208. The number of carbonyl (C=O) groups is 1. The third-order valence-electron chi connectivity index (χ3n) is 6.69. The summed E-state index contributed by atoms with van der Waals surface area (Å²) >= 11 is 0. The van der Waals surface area contributed by atoms with Crippen LogP contribution in [0.15, 0.2) is 29.1 Å². The number of H-pyrrole nitrogens is 1. The zero-order chi connectivity index (χ0) is 21.5. The van der Waals surface area contributed by atoms with Gasteiger partial charge in [-0.15, -0.1) is 0 Å². The van der Waals surface area contributed by atoms with Gasteiger partial charge in [-0.1, -0.05) is 32.9 Å². The predicted octanol–water partition coefficient (Wildman–Crippen LogP) is 3.21. The third-order valence-corrected chi connectivity index (χ3v) is 6.69. The van der Waals surface area contributed by atoms with Crippen LogP contribution in [0, 0.1) is 0 Å². The number of fused-ring (bicyclic) bond motifs is 2. The van der Waals surface area contributed by atoms with Crippen molar-refractivity contribution in [1.29, 1.82) is 0 Å². The van der Waals surface area contributed by atoms with E-state index in [9.17, 15) is 14.7 Å². The Balaban J connectivity index is 1.44. The summed E-state index contributed by atoms with van der Waals surface area (Å²) in [6.45, 7) is 7.60. The van der Waals surface area contributed by atoms with Crippen molar-refractivity contribution in [3.8, 4) is 5.75 Å². The molecule has 30 heavy (non-hydrogen) atoms. The molecule has 1 aliphatic carbocycles. The zero-order valence-electron chi connectivity index (χ0n) is 18.1. The van der Waals surface area contributed by atoms with E-state index in [2.05, 4.69) is 25.8 Å². The molecule has 1 saturated heterocycles. The molecule has 2 heterocycles. The summed E-state index contributed by atoms with van der Waals surface area (Å²) in [5.74, 6) is 1.13. The Morgan fingerprint density at radius 2 is 1.97 bits per heavy atom. The van der Waals surface area contributed by atoms with E-state index >= 15 is 0 Å².